The molecular weight excluding hydrogens is 360 g/mol. The van der Waals surface area contributed by atoms with Crippen LogP contribution in [0.5, 0.6) is 0 Å². The van der Waals surface area contributed by atoms with Gasteiger partial charge in [-0.25, -0.2) is 0 Å². The van der Waals surface area contributed by atoms with Crippen LogP contribution in [-0.4, -0.2) is 41.5 Å². The van der Waals surface area contributed by atoms with Gasteiger partial charge >= 0.3 is 0 Å². The minimum atomic E-state index is 0.144. The van der Waals surface area contributed by atoms with Gasteiger partial charge in [0.05, 0.1) is 6.04 Å². The summed E-state index contributed by atoms with van der Waals surface area (Å²) in [4.78, 5) is 19.5. The third-order valence-electron chi connectivity index (χ3n) is 5.34. The first-order valence-corrected chi connectivity index (χ1v) is 11.4. The summed E-state index contributed by atoms with van der Waals surface area (Å²) in [5, 5.41) is 11.9. The molecule has 0 aromatic rings. The summed E-state index contributed by atoms with van der Waals surface area (Å²) in [6.07, 6.45) is 11.6. The molecule has 0 radical (unpaired) electrons. The minimum absolute atomic E-state index is 0.144. The summed E-state index contributed by atoms with van der Waals surface area (Å²) in [6, 6.07) is 0.299. The summed E-state index contributed by atoms with van der Waals surface area (Å²) >= 11 is 0. The number of aliphatic imine (C=N–C) groups is 1. The molecular formula is C24H42N4O. The van der Waals surface area contributed by atoms with Crippen molar-refractivity contribution >= 4 is 17.5 Å². The Kier molecular flexibility index (Phi) is 12.2. The molecule has 2 N–H and O–H groups in total. The Morgan fingerprint density at radius 1 is 1.10 bits per heavy atom. The monoisotopic (exact) mass is 402 g/mol. The first-order chi connectivity index (χ1) is 13.9. The van der Waals surface area contributed by atoms with E-state index in [1.807, 2.05) is 18.7 Å². The van der Waals surface area contributed by atoms with Crippen LogP contribution in [0.25, 0.3) is 0 Å². The normalized spacial score (nSPS) is 15.4. The number of rotatable bonds is 11. The molecule has 0 saturated heterocycles. The lowest BCUT2D eigenvalue weighted by Crippen LogP contribution is -2.33. The zero-order valence-electron chi connectivity index (χ0n) is 19.1. The quantitative estimate of drug-likeness (QED) is 0.267. The molecule has 1 fully saturated rings. The highest BCUT2D eigenvalue weighted by Gasteiger charge is 2.19. The first-order valence-electron chi connectivity index (χ1n) is 11.4. The van der Waals surface area contributed by atoms with Gasteiger partial charge in [-0.05, 0) is 52.2 Å². The highest BCUT2D eigenvalue weighted by Crippen LogP contribution is 2.21. The van der Waals surface area contributed by atoms with Crippen molar-refractivity contribution in [1.29, 1.82) is 5.41 Å². The molecule has 5 nitrogen and oxygen atoms in total. The molecule has 0 unspecified atom stereocenters. The molecule has 0 bridgehead atoms. The van der Waals surface area contributed by atoms with Gasteiger partial charge in [0, 0.05) is 30.8 Å². The van der Waals surface area contributed by atoms with Crippen LogP contribution in [0, 0.1) is 5.41 Å². The van der Waals surface area contributed by atoms with Gasteiger partial charge in [0.15, 0.2) is 0 Å². The molecule has 0 atom stereocenters. The molecule has 0 heterocycles. The van der Waals surface area contributed by atoms with Crippen LogP contribution < -0.4 is 5.32 Å². The number of hydrogen-bond acceptors (Lipinski definition) is 3. The average Bonchev–Trinajstić information content (AvgIpc) is 2.94. The zero-order valence-corrected chi connectivity index (χ0v) is 19.1. The van der Waals surface area contributed by atoms with Gasteiger partial charge in [-0.2, -0.15) is 0 Å². The average molecular weight is 403 g/mol. The topological polar surface area (TPSA) is 68.5 Å². The molecule has 1 rings (SSSR count). The molecule has 1 amide bonds. The van der Waals surface area contributed by atoms with Crippen molar-refractivity contribution in [3.63, 3.8) is 0 Å². The lowest BCUT2D eigenvalue weighted by molar-refractivity contribution is -0.131. The van der Waals surface area contributed by atoms with Crippen molar-refractivity contribution < 1.29 is 4.79 Å². The van der Waals surface area contributed by atoms with Gasteiger partial charge < -0.3 is 15.6 Å². The lowest BCUT2D eigenvalue weighted by atomic mass is 9.99. The second kappa shape index (κ2) is 14.1. The number of amides is 1. The summed E-state index contributed by atoms with van der Waals surface area (Å²) in [5.41, 5.74) is 2.36. The number of amidine groups is 1. The molecule has 0 aromatic carbocycles. The minimum Gasteiger partial charge on any atom is -0.347 e. The maximum absolute atomic E-state index is 12.6. The summed E-state index contributed by atoms with van der Waals surface area (Å²) in [7, 11) is 0. The smallest absolute Gasteiger partial charge is 0.222 e. The van der Waals surface area contributed by atoms with Crippen molar-refractivity contribution in [2.45, 2.75) is 97.9 Å². The van der Waals surface area contributed by atoms with E-state index in [-0.39, 0.29) is 5.91 Å². The Morgan fingerprint density at radius 2 is 1.69 bits per heavy atom. The summed E-state index contributed by atoms with van der Waals surface area (Å²) in [6.45, 7) is 13.6. The van der Waals surface area contributed by atoms with Crippen LogP contribution in [0.2, 0.25) is 0 Å². The molecule has 0 aliphatic heterocycles. The van der Waals surface area contributed by atoms with Gasteiger partial charge in [-0.1, -0.05) is 51.7 Å². The Labute approximate surface area is 178 Å². The Bertz CT molecular complexity index is 588. The van der Waals surface area contributed by atoms with E-state index in [4.69, 9.17) is 10.4 Å². The maximum atomic E-state index is 12.6. The SMILES string of the molecule is C=CNC(=NC1CCCCCC1)C(C(=N)CCC(=O)N(CCC)CCC)=C(C)C. The van der Waals surface area contributed by atoms with Crippen molar-refractivity contribution in [3.8, 4) is 0 Å². The number of carbonyl (C=O) groups excluding carboxylic acids is 1. The number of nitrogens with one attached hydrogen (secondary N) is 2. The van der Waals surface area contributed by atoms with Crippen LogP contribution in [0.4, 0.5) is 0 Å². The fraction of sp³-hybridized carbons (Fsp3) is 0.708. The van der Waals surface area contributed by atoms with Gasteiger partial charge in [-0.3, -0.25) is 9.79 Å². The third-order valence-corrected chi connectivity index (χ3v) is 5.34. The fourth-order valence-corrected chi connectivity index (χ4v) is 3.94. The predicted octanol–water partition coefficient (Wildman–Crippen LogP) is 5.63. The number of nitrogens with zero attached hydrogens (tertiary/aromatic N) is 2. The van der Waals surface area contributed by atoms with E-state index >= 15 is 0 Å². The Hall–Kier alpha value is -1.91. The molecule has 164 valence electrons. The van der Waals surface area contributed by atoms with Crippen LogP contribution in [0.1, 0.15) is 91.9 Å². The molecule has 0 aromatic heterocycles. The zero-order chi connectivity index (χ0) is 21.6. The second-order valence-corrected chi connectivity index (χ2v) is 8.21. The first kappa shape index (κ1) is 25.1. The van der Waals surface area contributed by atoms with Crippen LogP contribution >= 0.6 is 0 Å². The summed E-state index contributed by atoms with van der Waals surface area (Å²) in [5.74, 6) is 0.883. The molecule has 5 heteroatoms. The van der Waals surface area contributed by atoms with E-state index in [9.17, 15) is 4.79 Å². The third kappa shape index (κ3) is 8.97. The molecule has 29 heavy (non-hydrogen) atoms. The molecule has 1 saturated carbocycles. The molecule has 1 aliphatic rings. The van der Waals surface area contributed by atoms with Crippen LogP contribution in [0.3, 0.4) is 0 Å². The highest BCUT2D eigenvalue weighted by molar-refractivity contribution is 6.23. The Morgan fingerprint density at radius 3 is 2.17 bits per heavy atom. The Balaban J connectivity index is 2.92. The summed E-state index contributed by atoms with van der Waals surface area (Å²) < 4.78 is 0. The fourth-order valence-electron chi connectivity index (χ4n) is 3.94. The lowest BCUT2D eigenvalue weighted by Gasteiger charge is -2.22. The molecule has 0 spiro atoms. The van der Waals surface area contributed by atoms with E-state index in [0.717, 1.165) is 55.8 Å². The second-order valence-electron chi connectivity index (χ2n) is 8.21. The number of carbonyl (C=O) groups is 1. The highest BCUT2D eigenvalue weighted by atomic mass is 16.2. The van der Waals surface area contributed by atoms with Crippen LogP contribution in [0.15, 0.2) is 28.9 Å². The van der Waals surface area contributed by atoms with Gasteiger partial charge in [0.25, 0.3) is 0 Å². The van der Waals surface area contributed by atoms with E-state index in [2.05, 4.69) is 25.7 Å². The van der Waals surface area contributed by atoms with E-state index in [1.54, 1.807) is 6.20 Å². The van der Waals surface area contributed by atoms with E-state index < -0.39 is 0 Å². The van der Waals surface area contributed by atoms with E-state index in [1.165, 1.54) is 25.7 Å². The largest absolute Gasteiger partial charge is 0.347 e. The molecule has 1 aliphatic carbocycles. The standard InChI is InChI=1S/C24H42N4O/c1-6-17-28(18-7-2)22(29)16-15-21(25)23(19(4)5)24(26-8-3)27-20-13-11-9-10-12-14-20/h8,20,25H,3,6-7,9-18H2,1-2,4-5H3,(H,26,27). The van der Waals surface area contributed by atoms with Crippen molar-refractivity contribution in [2.75, 3.05) is 13.1 Å². The van der Waals surface area contributed by atoms with E-state index in [0.29, 0.717) is 24.6 Å². The number of hydrogen-bond donors (Lipinski definition) is 2. The van der Waals surface area contributed by atoms with Crippen LogP contribution in [-0.2, 0) is 4.79 Å². The van der Waals surface area contributed by atoms with Crippen molar-refractivity contribution in [1.82, 2.24) is 10.2 Å². The maximum Gasteiger partial charge on any atom is 0.222 e. The predicted molar refractivity (Wildman–Crippen MR) is 125 cm³/mol. The van der Waals surface area contributed by atoms with Gasteiger partial charge in [-0.15, -0.1) is 0 Å². The number of allylic oxidation sites excluding steroid dienone is 1. The van der Waals surface area contributed by atoms with Crippen molar-refractivity contribution in [3.05, 3.63) is 23.9 Å². The van der Waals surface area contributed by atoms with Crippen molar-refractivity contribution in [2.24, 2.45) is 4.99 Å². The van der Waals surface area contributed by atoms with Gasteiger partial charge in [0.2, 0.25) is 5.91 Å². The van der Waals surface area contributed by atoms with Gasteiger partial charge in [0.1, 0.15) is 5.84 Å².